The van der Waals surface area contributed by atoms with Crippen molar-refractivity contribution in [3.8, 4) is 11.5 Å². The van der Waals surface area contributed by atoms with Crippen LogP contribution < -0.4 is 20.1 Å². The fraction of sp³-hybridized carbons (Fsp3) is 0.263. The lowest BCUT2D eigenvalue weighted by Gasteiger charge is -2.14. The van der Waals surface area contributed by atoms with E-state index in [-0.39, 0.29) is 19.0 Å². The Morgan fingerprint density at radius 1 is 1.04 bits per heavy atom. The highest BCUT2D eigenvalue weighted by Gasteiger charge is 2.10. The Bertz CT molecular complexity index is 892. The lowest BCUT2D eigenvalue weighted by atomic mass is 10.2. The number of nitrogens with zero attached hydrogens (tertiary/aromatic N) is 2. The molecular weight excluding hydrogens is 368 g/mol. The summed E-state index contributed by atoms with van der Waals surface area (Å²) in [6.07, 6.45) is 0.646. The summed E-state index contributed by atoms with van der Waals surface area (Å²) in [5.74, 6) is 2.52. The van der Waals surface area contributed by atoms with E-state index in [1.165, 1.54) is 0 Å². The van der Waals surface area contributed by atoms with E-state index in [2.05, 4.69) is 20.6 Å². The van der Waals surface area contributed by atoms with Crippen LogP contribution >= 0.6 is 12.4 Å². The molecule has 0 atom stereocenters. The van der Waals surface area contributed by atoms with Gasteiger partial charge in [-0.05, 0) is 30.7 Å². The van der Waals surface area contributed by atoms with E-state index in [9.17, 15) is 0 Å². The van der Waals surface area contributed by atoms with Crippen LogP contribution in [0.5, 0.6) is 11.5 Å². The zero-order valence-electron chi connectivity index (χ0n) is 15.2. The molecule has 1 heterocycles. The van der Waals surface area contributed by atoms with Gasteiger partial charge in [-0.2, -0.15) is 4.98 Å². The van der Waals surface area contributed by atoms with Gasteiger partial charge in [-0.3, -0.25) is 0 Å². The van der Waals surface area contributed by atoms with Gasteiger partial charge >= 0.3 is 0 Å². The number of aliphatic hydroxyl groups excluding tert-OH is 1. The molecule has 2 aromatic carbocycles. The van der Waals surface area contributed by atoms with E-state index in [0.29, 0.717) is 30.4 Å². The van der Waals surface area contributed by atoms with Gasteiger partial charge in [0, 0.05) is 24.6 Å². The first-order valence-electron chi connectivity index (χ1n) is 8.35. The quantitative estimate of drug-likeness (QED) is 0.506. The van der Waals surface area contributed by atoms with Crippen LogP contribution in [0.3, 0.4) is 0 Å². The van der Waals surface area contributed by atoms with Crippen LogP contribution in [0.2, 0.25) is 0 Å². The van der Waals surface area contributed by atoms with Gasteiger partial charge in [0.25, 0.3) is 0 Å². The second-order valence-electron chi connectivity index (χ2n) is 5.61. The molecule has 0 radical (unpaired) electrons. The molecule has 0 spiro atoms. The minimum absolute atomic E-state index is 0. The molecule has 0 unspecified atom stereocenters. The summed E-state index contributed by atoms with van der Waals surface area (Å²) in [4.78, 5) is 9.16. The fourth-order valence-electron chi connectivity index (χ4n) is 2.58. The van der Waals surface area contributed by atoms with E-state index in [1.807, 2.05) is 36.4 Å². The van der Waals surface area contributed by atoms with Gasteiger partial charge in [0.1, 0.15) is 17.3 Å². The summed E-state index contributed by atoms with van der Waals surface area (Å²) in [5.41, 5.74) is 1.56. The number of benzene rings is 2. The number of aromatic nitrogens is 2. The van der Waals surface area contributed by atoms with Gasteiger partial charge in [0.2, 0.25) is 5.95 Å². The molecule has 144 valence electrons. The van der Waals surface area contributed by atoms with Gasteiger partial charge in [0.15, 0.2) is 0 Å². The third kappa shape index (κ3) is 4.90. The smallest absolute Gasteiger partial charge is 0.229 e. The number of hydrogen-bond acceptors (Lipinski definition) is 7. The number of anilines is 3. The minimum Gasteiger partial charge on any atom is -0.497 e. The van der Waals surface area contributed by atoms with Crippen LogP contribution in [-0.4, -0.2) is 42.4 Å². The summed E-state index contributed by atoms with van der Waals surface area (Å²) < 4.78 is 10.6. The van der Waals surface area contributed by atoms with E-state index < -0.39 is 0 Å². The molecule has 0 saturated heterocycles. The predicted molar refractivity (Wildman–Crippen MR) is 110 cm³/mol. The lowest BCUT2D eigenvalue weighted by molar-refractivity contribution is 0.292. The van der Waals surface area contributed by atoms with Gasteiger partial charge in [-0.1, -0.05) is 12.1 Å². The number of rotatable bonds is 8. The standard InChI is InChI=1S/C19H22N4O3.ClH/c1-25-13-8-9-16(17(12-13)26-2)22-19-21-15-7-4-3-6-14(15)18(23-19)20-10-5-11-24;/h3-4,6-9,12,24H,5,10-11H2,1-2H3,(H2,20,21,22,23);1H. The number of methoxy groups -OCH3 is 2. The largest absolute Gasteiger partial charge is 0.497 e. The third-order valence-electron chi connectivity index (χ3n) is 3.89. The SMILES string of the molecule is COc1ccc(Nc2nc(NCCCO)c3ccccc3n2)c(OC)c1.Cl. The highest BCUT2D eigenvalue weighted by molar-refractivity contribution is 5.90. The highest BCUT2D eigenvalue weighted by Crippen LogP contribution is 2.31. The van der Waals surface area contributed by atoms with Gasteiger partial charge in [-0.15, -0.1) is 12.4 Å². The average molecular weight is 391 g/mol. The van der Waals surface area contributed by atoms with Crippen LogP contribution in [0.4, 0.5) is 17.5 Å². The molecule has 7 nitrogen and oxygen atoms in total. The molecule has 1 aromatic heterocycles. The first kappa shape index (κ1) is 20.5. The number of halogens is 1. The molecule has 3 aromatic rings. The van der Waals surface area contributed by atoms with Crippen LogP contribution in [-0.2, 0) is 0 Å². The zero-order valence-corrected chi connectivity index (χ0v) is 16.0. The van der Waals surface area contributed by atoms with Gasteiger partial charge in [-0.25, -0.2) is 4.98 Å². The lowest BCUT2D eigenvalue weighted by Crippen LogP contribution is -2.08. The molecule has 0 fully saturated rings. The van der Waals surface area contributed by atoms with E-state index in [0.717, 1.165) is 22.4 Å². The Hall–Kier alpha value is -2.77. The van der Waals surface area contributed by atoms with E-state index in [1.54, 1.807) is 20.3 Å². The summed E-state index contributed by atoms with van der Waals surface area (Å²) in [6.45, 7) is 0.757. The molecule has 8 heteroatoms. The summed E-state index contributed by atoms with van der Waals surface area (Å²) in [5, 5.41) is 16.4. The molecule has 0 aliphatic carbocycles. The van der Waals surface area contributed by atoms with Gasteiger partial charge in [0.05, 0.1) is 25.4 Å². The van der Waals surface area contributed by atoms with Crippen molar-refractivity contribution in [1.82, 2.24) is 9.97 Å². The number of ether oxygens (including phenoxy) is 2. The van der Waals surface area contributed by atoms with Crippen LogP contribution in [0, 0.1) is 0 Å². The Morgan fingerprint density at radius 2 is 1.85 bits per heavy atom. The Kier molecular flexibility index (Phi) is 7.45. The third-order valence-corrected chi connectivity index (χ3v) is 3.89. The maximum absolute atomic E-state index is 9.00. The molecular formula is C19H23ClN4O3. The van der Waals surface area contributed by atoms with E-state index in [4.69, 9.17) is 14.6 Å². The molecule has 0 bridgehead atoms. The first-order chi connectivity index (χ1) is 12.7. The highest BCUT2D eigenvalue weighted by atomic mass is 35.5. The summed E-state index contributed by atoms with van der Waals surface area (Å²) in [6, 6.07) is 13.3. The van der Waals surface area contributed by atoms with E-state index >= 15 is 0 Å². The second-order valence-corrected chi connectivity index (χ2v) is 5.61. The fourth-order valence-corrected chi connectivity index (χ4v) is 2.58. The predicted octanol–water partition coefficient (Wildman–Crippen LogP) is 3.61. The monoisotopic (exact) mass is 390 g/mol. The first-order valence-corrected chi connectivity index (χ1v) is 8.35. The van der Waals surface area contributed by atoms with Crippen molar-refractivity contribution in [2.24, 2.45) is 0 Å². The Balaban J connectivity index is 0.00000261. The Labute approximate surface area is 164 Å². The summed E-state index contributed by atoms with van der Waals surface area (Å²) >= 11 is 0. The van der Waals surface area contributed by atoms with Crippen LogP contribution in [0.1, 0.15) is 6.42 Å². The maximum Gasteiger partial charge on any atom is 0.229 e. The topological polar surface area (TPSA) is 88.5 Å². The van der Waals surface area contributed by atoms with Crippen molar-refractivity contribution in [3.05, 3.63) is 42.5 Å². The number of fused-ring (bicyclic) bond motifs is 1. The zero-order chi connectivity index (χ0) is 18.4. The average Bonchev–Trinajstić information content (AvgIpc) is 2.68. The Morgan fingerprint density at radius 3 is 2.59 bits per heavy atom. The van der Waals surface area contributed by atoms with Crippen molar-refractivity contribution < 1.29 is 14.6 Å². The van der Waals surface area contributed by atoms with Crippen molar-refractivity contribution >= 4 is 40.8 Å². The second kappa shape index (κ2) is 9.80. The maximum atomic E-state index is 9.00. The molecule has 0 aliphatic rings. The normalized spacial score (nSPS) is 10.2. The molecule has 3 rings (SSSR count). The van der Waals surface area contributed by atoms with Gasteiger partial charge < -0.3 is 25.2 Å². The number of aliphatic hydroxyl groups is 1. The minimum atomic E-state index is 0. The van der Waals surface area contributed by atoms with Crippen LogP contribution in [0.25, 0.3) is 10.9 Å². The van der Waals surface area contributed by atoms with Crippen molar-refractivity contribution in [3.63, 3.8) is 0 Å². The number of hydrogen-bond donors (Lipinski definition) is 3. The summed E-state index contributed by atoms with van der Waals surface area (Å²) in [7, 11) is 3.21. The number of para-hydroxylation sites is 1. The van der Waals surface area contributed by atoms with Crippen molar-refractivity contribution in [2.75, 3.05) is 38.0 Å². The molecule has 0 saturated carbocycles. The molecule has 0 amide bonds. The number of nitrogens with one attached hydrogen (secondary N) is 2. The molecule has 27 heavy (non-hydrogen) atoms. The molecule has 3 N–H and O–H groups in total. The van der Waals surface area contributed by atoms with Crippen LogP contribution in [0.15, 0.2) is 42.5 Å². The van der Waals surface area contributed by atoms with Crippen molar-refractivity contribution in [2.45, 2.75) is 6.42 Å². The van der Waals surface area contributed by atoms with Crippen molar-refractivity contribution in [1.29, 1.82) is 0 Å². The molecule has 0 aliphatic heterocycles.